The van der Waals surface area contributed by atoms with Gasteiger partial charge in [-0.25, -0.2) is 8.78 Å². The zero-order valence-electron chi connectivity index (χ0n) is 8.70. The van der Waals surface area contributed by atoms with Crippen LogP contribution in [0.3, 0.4) is 0 Å². The van der Waals surface area contributed by atoms with Gasteiger partial charge in [0.05, 0.1) is 0 Å². The van der Waals surface area contributed by atoms with Crippen molar-refractivity contribution in [2.75, 3.05) is 0 Å². The molecule has 1 atom stereocenters. The van der Waals surface area contributed by atoms with E-state index in [1.807, 2.05) is 0 Å². The Morgan fingerprint density at radius 3 is 2.29 bits per heavy atom. The summed E-state index contributed by atoms with van der Waals surface area (Å²) in [6, 6.07) is 9.96. The van der Waals surface area contributed by atoms with E-state index in [2.05, 4.69) is 15.9 Å². The maximum absolute atomic E-state index is 13.5. The molecule has 2 aromatic rings. The lowest BCUT2D eigenvalue weighted by Crippen LogP contribution is -2.04. The predicted octanol–water partition coefficient (Wildman–Crippen LogP) is 3.81. The van der Waals surface area contributed by atoms with Crippen molar-refractivity contribution in [1.82, 2.24) is 0 Å². The summed E-state index contributed by atoms with van der Waals surface area (Å²) < 4.78 is 27.6. The maximum Gasteiger partial charge on any atom is 0.129 e. The zero-order chi connectivity index (χ0) is 12.4. The summed E-state index contributed by atoms with van der Waals surface area (Å²) in [4.78, 5) is 0. The monoisotopic (exact) mass is 298 g/mol. The van der Waals surface area contributed by atoms with Gasteiger partial charge < -0.3 is 5.11 Å². The fraction of sp³-hybridized carbons (Fsp3) is 0.0769. The van der Waals surface area contributed by atoms with Crippen molar-refractivity contribution in [3.05, 3.63) is 69.7 Å². The molecule has 0 spiro atoms. The van der Waals surface area contributed by atoms with Gasteiger partial charge in [0.25, 0.3) is 0 Å². The Hall–Kier alpha value is -1.26. The van der Waals surface area contributed by atoms with Gasteiger partial charge in [-0.3, -0.25) is 0 Å². The first kappa shape index (κ1) is 12.2. The van der Waals surface area contributed by atoms with Crippen LogP contribution < -0.4 is 0 Å². The van der Waals surface area contributed by atoms with Crippen LogP contribution in [-0.4, -0.2) is 5.11 Å². The third kappa shape index (κ3) is 2.53. The van der Waals surface area contributed by atoms with Gasteiger partial charge in [0, 0.05) is 15.6 Å². The van der Waals surface area contributed by atoms with Crippen molar-refractivity contribution in [3.63, 3.8) is 0 Å². The first-order valence-electron chi connectivity index (χ1n) is 4.97. The zero-order valence-corrected chi connectivity index (χ0v) is 10.3. The van der Waals surface area contributed by atoms with E-state index >= 15 is 0 Å². The van der Waals surface area contributed by atoms with Crippen LogP contribution in [-0.2, 0) is 0 Å². The van der Waals surface area contributed by atoms with Gasteiger partial charge in [0.15, 0.2) is 0 Å². The van der Waals surface area contributed by atoms with Gasteiger partial charge in [0.1, 0.15) is 17.7 Å². The van der Waals surface area contributed by atoms with E-state index in [1.165, 1.54) is 36.4 Å². The van der Waals surface area contributed by atoms with E-state index in [0.29, 0.717) is 4.47 Å². The average molecular weight is 299 g/mol. The Bertz CT molecular complexity index is 543. The minimum absolute atomic E-state index is 0.0458. The van der Waals surface area contributed by atoms with Crippen LogP contribution in [0.15, 0.2) is 46.9 Å². The van der Waals surface area contributed by atoms with Gasteiger partial charge in [0.2, 0.25) is 0 Å². The summed E-state index contributed by atoms with van der Waals surface area (Å²) in [6.45, 7) is 0. The Morgan fingerprint density at radius 1 is 0.941 bits per heavy atom. The van der Waals surface area contributed by atoms with Crippen LogP contribution in [0.4, 0.5) is 8.78 Å². The highest BCUT2D eigenvalue weighted by molar-refractivity contribution is 9.10. The van der Waals surface area contributed by atoms with Crippen LogP contribution in [0.5, 0.6) is 0 Å². The number of halogens is 3. The molecule has 0 aliphatic heterocycles. The molecule has 88 valence electrons. The van der Waals surface area contributed by atoms with Crippen LogP contribution in [0.1, 0.15) is 17.2 Å². The van der Waals surface area contributed by atoms with Crippen molar-refractivity contribution in [1.29, 1.82) is 0 Å². The highest BCUT2D eigenvalue weighted by atomic mass is 79.9. The summed E-state index contributed by atoms with van der Waals surface area (Å²) >= 11 is 3.18. The van der Waals surface area contributed by atoms with E-state index < -0.39 is 17.7 Å². The van der Waals surface area contributed by atoms with E-state index in [9.17, 15) is 13.9 Å². The molecule has 0 heterocycles. The highest BCUT2D eigenvalue weighted by Crippen LogP contribution is 2.28. The summed E-state index contributed by atoms with van der Waals surface area (Å²) in [7, 11) is 0. The summed E-state index contributed by atoms with van der Waals surface area (Å²) in [6.07, 6.45) is -1.31. The topological polar surface area (TPSA) is 20.2 Å². The molecule has 0 amide bonds. The largest absolute Gasteiger partial charge is 0.383 e. The van der Waals surface area contributed by atoms with Gasteiger partial charge >= 0.3 is 0 Å². The smallest absolute Gasteiger partial charge is 0.129 e. The third-order valence-corrected chi connectivity index (χ3v) is 2.95. The third-order valence-electron chi connectivity index (χ3n) is 2.45. The molecule has 0 aromatic heterocycles. The first-order chi connectivity index (χ1) is 8.09. The van der Waals surface area contributed by atoms with Crippen LogP contribution in [0.25, 0.3) is 0 Å². The lowest BCUT2D eigenvalue weighted by Gasteiger charge is -2.13. The molecule has 1 N–H and O–H groups in total. The second kappa shape index (κ2) is 4.94. The van der Waals surface area contributed by atoms with Gasteiger partial charge in [-0.1, -0.05) is 34.1 Å². The number of rotatable bonds is 2. The van der Waals surface area contributed by atoms with Gasteiger partial charge in [-0.15, -0.1) is 0 Å². The lowest BCUT2D eigenvalue weighted by molar-refractivity contribution is 0.209. The lowest BCUT2D eigenvalue weighted by atomic mass is 10.0. The number of aliphatic hydroxyl groups is 1. The Balaban J connectivity index is 2.47. The van der Waals surface area contributed by atoms with Crippen molar-refractivity contribution in [3.8, 4) is 0 Å². The summed E-state index contributed by atoms with van der Waals surface area (Å²) in [5.41, 5.74) is 0.106. The van der Waals surface area contributed by atoms with Crippen LogP contribution >= 0.6 is 15.9 Å². The van der Waals surface area contributed by atoms with Crippen LogP contribution in [0, 0.1) is 11.6 Å². The highest BCUT2D eigenvalue weighted by Gasteiger charge is 2.18. The number of hydrogen-bond donors (Lipinski definition) is 1. The molecule has 0 fully saturated rings. The SMILES string of the molecule is OC(c1ccccc1F)c1cc(Br)ccc1F. The molecular formula is C13H9BrF2O. The second-order valence-electron chi connectivity index (χ2n) is 3.59. The minimum Gasteiger partial charge on any atom is -0.383 e. The van der Waals surface area contributed by atoms with Crippen molar-refractivity contribution in [2.45, 2.75) is 6.10 Å². The molecule has 2 aromatic carbocycles. The molecule has 0 bridgehead atoms. The van der Waals surface area contributed by atoms with Crippen LogP contribution in [0.2, 0.25) is 0 Å². The molecule has 4 heteroatoms. The summed E-state index contributed by atoms with van der Waals surface area (Å²) in [5.74, 6) is -1.12. The second-order valence-corrected chi connectivity index (χ2v) is 4.51. The van der Waals surface area contributed by atoms with E-state index in [1.54, 1.807) is 6.07 Å². The van der Waals surface area contributed by atoms with Crippen molar-refractivity contribution >= 4 is 15.9 Å². The molecular weight excluding hydrogens is 290 g/mol. The molecule has 0 radical (unpaired) electrons. The molecule has 0 saturated heterocycles. The fourth-order valence-corrected chi connectivity index (χ4v) is 1.97. The predicted molar refractivity (Wildman–Crippen MR) is 64.6 cm³/mol. The Labute approximate surface area is 106 Å². The van der Waals surface area contributed by atoms with Crippen molar-refractivity contribution in [2.24, 2.45) is 0 Å². The fourth-order valence-electron chi connectivity index (χ4n) is 1.59. The van der Waals surface area contributed by atoms with E-state index in [0.717, 1.165) is 0 Å². The quantitative estimate of drug-likeness (QED) is 0.894. The van der Waals surface area contributed by atoms with Crippen molar-refractivity contribution < 1.29 is 13.9 Å². The molecule has 0 saturated carbocycles. The van der Waals surface area contributed by atoms with Gasteiger partial charge in [-0.05, 0) is 24.3 Å². The van der Waals surface area contributed by atoms with E-state index in [-0.39, 0.29) is 11.1 Å². The number of aliphatic hydroxyl groups excluding tert-OH is 1. The molecule has 1 unspecified atom stereocenters. The Kier molecular flexibility index (Phi) is 3.54. The number of hydrogen-bond acceptors (Lipinski definition) is 1. The first-order valence-corrected chi connectivity index (χ1v) is 5.76. The molecule has 17 heavy (non-hydrogen) atoms. The molecule has 0 aliphatic rings. The average Bonchev–Trinajstić information content (AvgIpc) is 2.32. The maximum atomic E-state index is 13.5. The van der Waals surface area contributed by atoms with E-state index in [4.69, 9.17) is 0 Å². The molecule has 1 nitrogen and oxygen atoms in total. The number of benzene rings is 2. The Morgan fingerprint density at radius 2 is 1.59 bits per heavy atom. The molecule has 0 aliphatic carbocycles. The molecule has 2 rings (SSSR count). The standard InChI is InChI=1S/C13H9BrF2O/c14-8-5-6-12(16)10(7-8)13(17)9-3-1-2-4-11(9)15/h1-7,13,17H. The minimum atomic E-state index is -1.31. The normalized spacial score (nSPS) is 12.5. The summed E-state index contributed by atoms with van der Waals surface area (Å²) in [5, 5.41) is 9.98. The van der Waals surface area contributed by atoms with Gasteiger partial charge in [-0.2, -0.15) is 0 Å².